The third-order valence-corrected chi connectivity index (χ3v) is 5.24. The van der Waals surface area contributed by atoms with Gasteiger partial charge in [0.05, 0.1) is 0 Å². The van der Waals surface area contributed by atoms with E-state index >= 15 is 0 Å². The molecule has 1 aromatic rings. The highest BCUT2D eigenvalue weighted by Gasteiger charge is 2.31. The second-order valence-corrected chi connectivity index (χ2v) is 8.47. The first kappa shape index (κ1) is 20.8. The van der Waals surface area contributed by atoms with Crippen molar-refractivity contribution < 1.29 is 9.59 Å². The molecule has 5 heteroatoms. The molecule has 0 aliphatic carbocycles. The van der Waals surface area contributed by atoms with Gasteiger partial charge in [0.1, 0.15) is 6.04 Å². The van der Waals surface area contributed by atoms with Crippen molar-refractivity contribution in [3.63, 3.8) is 0 Å². The normalized spacial score (nSPS) is 16.8. The fraction of sp³-hybridized carbons (Fsp3) is 0.619. The lowest BCUT2D eigenvalue weighted by molar-refractivity contribution is -0.138. The van der Waals surface area contributed by atoms with Gasteiger partial charge in [0.2, 0.25) is 11.8 Å². The van der Waals surface area contributed by atoms with Crippen LogP contribution in [0.4, 0.5) is 0 Å². The van der Waals surface area contributed by atoms with E-state index in [2.05, 4.69) is 17.4 Å². The van der Waals surface area contributed by atoms with E-state index < -0.39 is 6.04 Å². The smallest absolute Gasteiger partial charge is 0.245 e. The molecule has 1 N–H and O–H groups in total. The van der Waals surface area contributed by atoms with Gasteiger partial charge in [-0.05, 0) is 48.3 Å². The van der Waals surface area contributed by atoms with Gasteiger partial charge in [-0.2, -0.15) is 0 Å². The summed E-state index contributed by atoms with van der Waals surface area (Å²) in [4.78, 5) is 27.0. The average Bonchev–Trinajstić information content (AvgIpc) is 2.59. The van der Waals surface area contributed by atoms with Crippen molar-refractivity contribution in [3.05, 3.63) is 34.9 Å². The lowest BCUT2D eigenvalue weighted by Crippen LogP contribution is -2.53. The SMILES string of the molecule is CC(C)CC(=O)NC(C(=O)N1CCC(c2ccc(Cl)cc2)CC1)C(C)C. The number of likely N-dealkylation sites (tertiary alicyclic amines) is 1. The number of rotatable bonds is 6. The summed E-state index contributed by atoms with van der Waals surface area (Å²) < 4.78 is 0. The molecule has 0 aromatic heterocycles. The number of hydrogen-bond donors (Lipinski definition) is 1. The molecule has 1 fully saturated rings. The first-order chi connectivity index (χ1) is 12.3. The highest BCUT2D eigenvalue weighted by molar-refractivity contribution is 6.30. The molecule has 0 saturated carbocycles. The second kappa shape index (κ2) is 9.40. The minimum atomic E-state index is -0.437. The van der Waals surface area contributed by atoms with Crippen LogP contribution in [-0.2, 0) is 9.59 Å². The van der Waals surface area contributed by atoms with Gasteiger partial charge in [-0.15, -0.1) is 0 Å². The van der Waals surface area contributed by atoms with Crippen LogP contribution in [0.5, 0.6) is 0 Å². The topological polar surface area (TPSA) is 49.4 Å². The van der Waals surface area contributed by atoms with Crippen LogP contribution in [0.15, 0.2) is 24.3 Å². The predicted molar refractivity (Wildman–Crippen MR) is 106 cm³/mol. The molecule has 1 aliphatic heterocycles. The summed E-state index contributed by atoms with van der Waals surface area (Å²) in [7, 11) is 0. The molecule has 0 bridgehead atoms. The van der Waals surface area contributed by atoms with Gasteiger partial charge < -0.3 is 10.2 Å². The van der Waals surface area contributed by atoms with Crippen molar-refractivity contribution in [2.24, 2.45) is 11.8 Å². The lowest BCUT2D eigenvalue weighted by atomic mass is 9.89. The Morgan fingerprint density at radius 2 is 1.69 bits per heavy atom. The molecule has 26 heavy (non-hydrogen) atoms. The van der Waals surface area contributed by atoms with Crippen molar-refractivity contribution in [2.75, 3.05) is 13.1 Å². The van der Waals surface area contributed by atoms with Crippen LogP contribution in [0, 0.1) is 11.8 Å². The van der Waals surface area contributed by atoms with Crippen molar-refractivity contribution in [2.45, 2.75) is 58.9 Å². The number of benzene rings is 1. The Morgan fingerprint density at radius 3 is 2.19 bits per heavy atom. The maximum atomic E-state index is 12.9. The molecule has 0 radical (unpaired) electrons. The van der Waals surface area contributed by atoms with Crippen molar-refractivity contribution in [3.8, 4) is 0 Å². The summed E-state index contributed by atoms with van der Waals surface area (Å²) >= 11 is 5.97. The van der Waals surface area contributed by atoms with Crippen LogP contribution in [0.25, 0.3) is 0 Å². The Labute approximate surface area is 162 Å². The zero-order valence-corrected chi connectivity index (χ0v) is 17.1. The van der Waals surface area contributed by atoms with Gasteiger partial charge in [-0.25, -0.2) is 0 Å². The molecular formula is C21H31ClN2O2. The Kier molecular flexibility index (Phi) is 7.51. The van der Waals surface area contributed by atoms with E-state index in [1.807, 2.05) is 44.7 Å². The van der Waals surface area contributed by atoms with Crippen molar-refractivity contribution in [1.29, 1.82) is 0 Å². The number of amides is 2. The standard InChI is InChI=1S/C21H31ClN2O2/c1-14(2)13-19(25)23-20(15(3)4)21(26)24-11-9-17(10-12-24)16-5-7-18(22)8-6-16/h5-8,14-15,17,20H,9-13H2,1-4H3,(H,23,25). The first-order valence-corrected chi connectivity index (χ1v) is 9.99. The first-order valence-electron chi connectivity index (χ1n) is 9.61. The van der Waals surface area contributed by atoms with Crippen LogP contribution in [-0.4, -0.2) is 35.8 Å². The zero-order valence-electron chi connectivity index (χ0n) is 16.3. The van der Waals surface area contributed by atoms with Gasteiger partial charge in [-0.1, -0.05) is 51.4 Å². The molecule has 1 aromatic carbocycles. The van der Waals surface area contributed by atoms with Crippen LogP contribution in [0.1, 0.15) is 58.4 Å². The number of hydrogen-bond acceptors (Lipinski definition) is 2. The summed E-state index contributed by atoms with van der Waals surface area (Å²) in [5.74, 6) is 0.833. The highest BCUT2D eigenvalue weighted by atomic mass is 35.5. The fourth-order valence-electron chi connectivity index (χ4n) is 3.48. The summed E-state index contributed by atoms with van der Waals surface area (Å²) in [6, 6.07) is 7.57. The van der Waals surface area contributed by atoms with Crippen LogP contribution < -0.4 is 5.32 Å². The van der Waals surface area contributed by atoms with E-state index in [9.17, 15) is 9.59 Å². The van der Waals surface area contributed by atoms with Crippen LogP contribution >= 0.6 is 11.6 Å². The third-order valence-electron chi connectivity index (χ3n) is 4.99. The molecule has 0 spiro atoms. The number of carbonyl (C=O) groups excluding carboxylic acids is 2. The molecule has 1 aliphatic rings. The minimum absolute atomic E-state index is 0.0388. The van der Waals surface area contributed by atoms with Crippen molar-refractivity contribution in [1.82, 2.24) is 10.2 Å². The molecule has 1 unspecified atom stereocenters. The number of piperidine rings is 1. The molecule has 1 heterocycles. The van der Waals surface area contributed by atoms with E-state index in [0.717, 1.165) is 31.0 Å². The molecule has 1 atom stereocenters. The monoisotopic (exact) mass is 378 g/mol. The van der Waals surface area contributed by atoms with Gasteiger partial charge in [-0.3, -0.25) is 9.59 Å². The summed E-state index contributed by atoms with van der Waals surface area (Å²) in [6.45, 7) is 9.45. The molecule has 2 rings (SSSR count). The number of halogens is 1. The third kappa shape index (κ3) is 5.73. The van der Waals surface area contributed by atoms with E-state index in [-0.39, 0.29) is 23.7 Å². The van der Waals surface area contributed by atoms with E-state index in [1.54, 1.807) is 0 Å². The summed E-state index contributed by atoms with van der Waals surface area (Å²) in [5, 5.41) is 3.70. The largest absolute Gasteiger partial charge is 0.344 e. The Bertz CT molecular complexity index is 605. The van der Waals surface area contributed by atoms with Gasteiger partial charge in [0, 0.05) is 24.5 Å². The Morgan fingerprint density at radius 1 is 1.12 bits per heavy atom. The van der Waals surface area contributed by atoms with E-state index in [1.165, 1.54) is 5.56 Å². The molecule has 2 amide bonds. The summed E-state index contributed by atoms with van der Waals surface area (Å²) in [5.41, 5.74) is 1.28. The predicted octanol–water partition coefficient (Wildman–Crippen LogP) is 4.23. The maximum Gasteiger partial charge on any atom is 0.245 e. The average molecular weight is 379 g/mol. The lowest BCUT2D eigenvalue weighted by Gasteiger charge is -2.35. The van der Waals surface area contributed by atoms with Crippen LogP contribution in [0.2, 0.25) is 5.02 Å². The number of nitrogens with zero attached hydrogens (tertiary/aromatic N) is 1. The minimum Gasteiger partial charge on any atom is -0.344 e. The molecule has 144 valence electrons. The highest BCUT2D eigenvalue weighted by Crippen LogP contribution is 2.29. The zero-order chi connectivity index (χ0) is 19.3. The molecular weight excluding hydrogens is 348 g/mol. The van der Waals surface area contributed by atoms with Gasteiger partial charge in [0.15, 0.2) is 0 Å². The fourth-order valence-corrected chi connectivity index (χ4v) is 3.61. The van der Waals surface area contributed by atoms with Crippen molar-refractivity contribution >= 4 is 23.4 Å². The van der Waals surface area contributed by atoms with E-state index in [4.69, 9.17) is 11.6 Å². The Balaban J connectivity index is 1.94. The number of nitrogens with one attached hydrogen (secondary N) is 1. The Hall–Kier alpha value is -1.55. The van der Waals surface area contributed by atoms with Gasteiger partial charge >= 0.3 is 0 Å². The van der Waals surface area contributed by atoms with E-state index in [0.29, 0.717) is 12.3 Å². The van der Waals surface area contributed by atoms with Crippen LogP contribution in [0.3, 0.4) is 0 Å². The summed E-state index contributed by atoms with van der Waals surface area (Å²) in [6.07, 6.45) is 2.34. The maximum absolute atomic E-state index is 12.9. The molecule has 4 nitrogen and oxygen atoms in total. The second-order valence-electron chi connectivity index (χ2n) is 8.04. The number of carbonyl (C=O) groups is 2. The molecule has 1 saturated heterocycles. The quantitative estimate of drug-likeness (QED) is 0.805. The van der Waals surface area contributed by atoms with Gasteiger partial charge in [0.25, 0.3) is 0 Å².